The van der Waals surface area contributed by atoms with Crippen LogP contribution in [0.1, 0.15) is 53.4 Å². The van der Waals surface area contributed by atoms with Gasteiger partial charge in [0.2, 0.25) is 0 Å². The van der Waals surface area contributed by atoms with Crippen LogP contribution < -0.4 is 10.6 Å². The van der Waals surface area contributed by atoms with Crippen LogP contribution in [-0.2, 0) is 4.74 Å². The molecular weight excluding hydrogens is 433 g/mol. The van der Waals surface area contributed by atoms with Crippen LogP contribution in [0, 0.1) is 11.3 Å². The van der Waals surface area contributed by atoms with Crippen molar-refractivity contribution in [1.29, 1.82) is 0 Å². The number of aliphatic imine (C=N–C) groups is 1. The highest BCUT2D eigenvalue weighted by Crippen LogP contribution is 2.52. The molecule has 2 N–H and O–H groups in total. The minimum Gasteiger partial charge on any atom is -0.377 e. The SMILES string of the molecule is CCN=C(NC1CCC(SCC)C1)NC1C2CCOC2C1(C)C.I. The molecule has 0 aromatic rings. The van der Waals surface area contributed by atoms with Gasteiger partial charge in [-0.3, -0.25) is 4.99 Å². The minimum absolute atomic E-state index is 0. The number of rotatable bonds is 5. The summed E-state index contributed by atoms with van der Waals surface area (Å²) in [6.07, 6.45) is 5.49. The van der Waals surface area contributed by atoms with Gasteiger partial charge >= 0.3 is 0 Å². The van der Waals surface area contributed by atoms with Crippen molar-refractivity contribution in [3.63, 3.8) is 0 Å². The summed E-state index contributed by atoms with van der Waals surface area (Å²) in [6, 6.07) is 1.06. The molecule has 1 saturated heterocycles. The van der Waals surface area contributed by atoms with Crippen LogP contribution in [0.3, 0.4) is 0 Å². The molecule has 140 valence electrons. The average molecular weight is 467 g/mol. The van der Waals surface area contributed by atoms with Crippen molar-refractivity contribution in [2.75, 3.05) is 18.9 Å². The third-order valence-corrected chi connectivity index (χ3v) is 7.07. The molecule has 0 bridgehead atoms. The zero-order valence-corrected chi connectivity index (χ0v) is 18.7. The molecule has 6 heteroatoms. The second-order valence-corrected chi connectivity index (χ2v) is 9.32. The maximum absolute atomic E-state index is 5.91. The van der Waals surface area contributed by atoms with E-state index in [4.69, 9.17) is 9.73 Å². The Labute approximate surface area is 168 Å². The molecule has 1 heterocycles. The average Bonchev–Trinajstić information content (AvgIpc) is 3.13. The van der Waals surface area contributed by atoms with Crippen molar-refractivity contribution in [2.45, 2.75) is 76.8 Å². The Morgan fingerprint density at radius 1 is 1.21 bits per heavy atom. The number of hydrogen-bond acceptors (Lipinski definition) is 3. The molecule has 2 saturated carbocycles. The van der Waals surface area contributed by atoms with Gasteiger partial charge in [-0.15, -0.1) is 24.0 Å². The number of halogens is 1. The van der Waals surface area contributed by atoms with Gasteiger partial charge < -0.3 is 15.4 Å². The number of thioether (sulfide) groups is 1. The third kappa shape index (κ3) is 4.17. The third-order valence-electron chi connectivity index (χ3n) is 5.84. The molecule has 2 aliphatic carbocycles. The van der Waals surface area contributed by atoms with E-state index in [1.54, 1.807) is 0 Å². The fourth-order valence-corrected chi connectivity index (χ4v) is 5.85. The van der Waals surface area contributed by atoms with Crippen LogP contribution in [-0.4, -0.2) is 48.3 Å². The largest absolute Gasteiger partial charge is 0.377 e. The maximum atomic E-state index is 5.91. The molecule has 3 fully saturated rings. The van der Waals surface area contributed by atoms with Gasteiger partial charge in [0.1, 0.15) is 0 Å². The predicted octanol–water partition coefficient (Wildman–Crippen LogP) is 3.65. The summed E-state index contributed by atoms with van der Waals surface area (Å²) in [5.74, 6) is 2.90. The molecule has 0 spiro atoms. The first-order chi connectivity index (χ1) is 11.1. The highest BCUT2D eigenvalue weighted by Gasteiger charge is 2.59. The van der Waals surface area contributed by atoms with Gasteiger partial charge in [0.05, 0.1) is 6.10 Å². The molecule has 1 aliphatic heterocycles. The highest BCUT2D eigenvalue weighted by atomic mass is 127. The van der Waals surface area contributed by atoms with E-state index in [-0.39, 0.29) is 29.4 Å². The van der Waals surface area contributed by atoms with E-state index in [1.807, 2.05) is 0 Å². The molecule has 5 unspecified atom stereocenters. The van der Waals surface area contributed by atoms with Crippen molar-refractivity contribution >= 4 is 41.7 Å². The molecule has 0 radical (unpaired) electrons. The fourth-order valence-electron chi connectivity index (χ4n) is 4.71. The van der Waals surface area contributed by atoms with Gasteiger partial charge in [0.15, 0.2) is 5.96 Å². The van der Waals surface area contributed by atoms with Gasteiger partial charge in [0, 0.05) is 41.8 Å². The van der Waals surface area contributed by atoms with Crippen LogP contribution >= 0.6 is 35.7 Å². The van der Waals surface area contributed by atoms with E-state index in [2.05, 4.69) is 50.1 Å². The van der Waals surface area contributed by atoms with Gasteiger partial charge in [-0.1, -0.05) is 20.8 Å². The molecule has 24 heavy (non-hydrogen) atoms. The molecule has 0 aromatic heterocycles. The van der Waals surface area contributed by atoms with Crippen LogP contribution in [0.2, 0.25) is 0 Å². The van der Waals surface area contributed by atoms with E-state index < -0.39 is 0 Å². The summed E-state index contributed by atoms with van der Waals surface area (Å²) in [7, 11) is 0. The number of nitrogens with one attached hydrogen (secondary N) is 2. The Morgan fingerprint density at radius 3 is 2.71 bits per heavy atom. The van der Waals surface area contributed by atoms with Gasteiger partial charge in [-0.05, 0) is 38.4 Å². The minimum atomic E-state index is 0. The summed E-state index contributed by atoms with van der Waals surface area (Å²) in [5, 5.41) is 8.28. The van der Waals surface area contributed by atoms with Crippen molar-refractivity contribution in [3.05, 3.63) is 0 Å². The lowest BCUT2D eigenvalue weighted by molar-refractivity contribution is -0.106. The zero-order valence-electron chi connectivity index (χ0n) is 15.5. The number of ether oxygens (including phenoxy) is 1. The van der Waals surface area contributed by atoms with E-state index in [0.717, 1.165) is 24.4 Å². The Bertz CT molecular complexity index is 446. The molecule has 0 aromatic carbocycles. The number of fused-ring (bicyclic) bond motifs is 1. The second kappa shape index (κ2) is 8.80. The van der Waals surface area contributed by atoms with Gasteiger partial charge in [-0.25, -0.2) is 0 Å². The molecule has 4 nitrogen and oxygen atoms in total. The van der Waals surface area contributed by atoms with Crippen molar-refractivity contribution in [3.8, 4) is 0 Å². The normalized spacial score (nSPS) is 37.3. The van der Waals surface area contributed by atoms with Gasteiger partial charge in [-0.2, -0.15) is 11.8 Å². The summed E-state index contributed by atoms with van der Waals surface area (Å²) in [5.41, 5.74) is 0.202. The Kier molecular flexibility index (Phi) is 7.56. The molecular formula is C18H34IN3OS. The monoisotopic (exact) mass is 467 g/mol. The van der Waals surface area contributed by atoms with Gasteiger partial charge in [0.25, 0.3) is 0 Å². The molecule has 3 aliphatic rings. The summed E-state index contributed by atoms with van der Waals surface area (Å²) >= 11 is 2.11. The predicted molar refractivity (Wildman–Crippen MR) is 115 cm³/mol. The first kappa shape index (κ1) is 20.6. The van der Waals surface area contributed by atoms with Crippen LogP contribution in [0.25, 0.3) is 0 Å². The Balaban J connectivity index is 0.00000208. The van der Waals surface area contributed by atoms with E-state index >= 15 is 0 Å². The fraction of sp³-hybridized carbons (Fsp3) is 0.944. The lowest BCUT2D eigenvalue weighted by Crippen LogP contribution is -2.68. The van der Waals surface area contributed by atoms with E-state index in [0.29, 0.717) is 24.1 Å². The first-order valence-electron chi connectivity index (χ1n) is 9.37. The lowest BCUT2D eigenvalue weighted by Gasteiger charge is -2.55. The summed E-state index contributed by atoms with van der Waals surface area (Å²) in [4.78, 5) is 4.71. The van der Waals surface area contributed by atoms with Crippen LogP contribution in [0.15, 0.2) is 4.99 Å². The van der Waals surface area contributed by atoms with Crippen LogP contribution in [0.4, 0.5) is 0 Å². The smallest absolute Gasteiger partial charge is 0.191 e. The molecule has 0 amide bonds. The standard InChI is InChI=1S/C18H33N3OS.HI/c1-5-19-17(20-12-7-8-13(11-12)23-6-2)21-15-14-9-10-22-16(14)18(15,3)4;/h12-16H,5-11H2,1-4H3,(H2,19,20,21);1H. The first-order valence-corrected chi connectivity index (χ1v) is 10.4. The van der Waals surface area contributed by atoms with Crippen LogP contribution in [0.5, 0.6) is 0 Å². The number of guanidine groups is 1. The topological polar surface area (TPSA) is 45.7 Å². The zero-order chi connectivity index (χ0) is 16.4. The Hall–Kier alpha value is 0.310. The highest BCUT2D eigenvalue weighted by molar-refractivity contribution is 14.0. The number of hydrogen-bond donors (Lipinski definition) is 2. The van der Waals surface area contributed by atoms with E-state index in [9.17, 15) is 0 Å². The summed E-state index contributed by atoms with van der Waals surface area (Å²) < 4.78 is 5.91. The van der Waals surface area contributed by atoms with Crippen molar-refractivity contribution in [1.82, 2.24) is 10.6 Å². The quantitative estimate of drug-likeness (QED) is 0.368. The molecule has 5 atom stereocenters. The van der Waals surface area contributed by atoms with Crippen molar-refractivity contribution < 1.29 is 4.74 Å². The van der Waals surface area contributed by atoms with Crippen molar-refractivity contribution in [2.24, 2.45) is 16.3 Å². The summed E-state index contributed by atoms with van der Waals surface area (Å²) in [6.45, 7) is 10.8. The lowest BCUT2D eigenvalue weighted by atomic mass is 9.57. The molecule has 3 rings (SSSR count). The second-order valence-electron chi connectivity index (χ2n) is 7.74. The number of nitrogens with zero attached hydrogens (tertiary/aromatic N) is 1. The van der Waals surface area contributed by atoms with E-state index in [1.165, 1.54) is 31.4 Å². The Morgan fingerprint density at radius 2 is 2.00 bits per heavy atom. The maximum Gasteiger partial charge on any atom is 0.191 e.